The molecule has 1 unspecified atom stereocenters. The van der Waals surface area contributed by atoms with E-state index < -0.39 is 0 Å². The van der Waals surface area contributed by atoms with Crippen molar-refractivity contribution in [2.24, 2.45) is 5.92 Å². The maximum Gasteiger partial charge on any atom is 0.147 e. The second-order valence-electron chi connectivity index (χ2n) is 6.08. The summed E-state index contributed by atoms with van der Waals surface area (Å²) in [6, 6.07) is 8.68. The van der Waals surface area contributed by atoms with E-state index in [4.69, 9.17) is 0 Å². The van der Waals surface area contributed by atoms with Crippen LogP contribution in [0.25, 0.3) is 0 Å². The van der Waals surface area contributed by atoms with Gasteiger partial charge >= 0.3 is 0 Å². The van der Waals surface area contributed by atoms with Crippen LogP contribution in [0, 0.1) is 5.92 Å². The molecule has 0 aliphatic carbocycles. The molecule has 0 saturated carbocycles. The quantitative estimate of drug-likeness (QED) is 0.829. The lowest BCUT2D eigenvalue weighted by Gasteiger charge is -2.30. The molecule has 1 aliphatic heterocycles. The van der Waals surface area contributed by atoms with Gasteiger partial charge in [-0.3, -0.25) is 9.69 Å². The molecule has 0 N–H and O–H groups in total. The summed E-state index contributed by atoms with van der Waals surface area (Å²) < 4.78 is 0. The van der Waals surface area contributed by atoms with Crippen LogP contribution >= 0.6 is 0 Å². The minimum absolute atomic E-state index is 0.378. The first-order valence-electron chi connectivity index (χ1n) is 6.99. The minimum atomic E-state index is 0.378. The molecule has 19 heavy (non-hydrogen) atoms. The molecule has 1 heterocycles. The van der Waals surface area contributed by atoms with Crippen molar-refractivity contribution in [1.29, 1.82) is 0 Å². The molecular formula is C16H24N2O. The van der Waals surface area contributed by atoms with Crippen molar-refractivity contribution in [1.82, 2.24) is 9.80 Å². The lowest BCUT2D eigenvalue weighted by Crippen LogP contribution is -2.39. The third kappa shape index (κ3) is 4.44. The highest BCUT2D eigenvalue weighted by Crippen LogP contribution is 2.16. The SMILES string of the molecule is CC1CC(=O)CN(Cc2cccc(CN(C)C)c2)C1. The minimum Gasteiger partial charge on any atom is -0.305 e. The zero-order chi connectivity index (χ0) is 13.8. The third-order valence-electron chi connectivity index (χ3n) is 3.44. The van der Waals surface area contributed by atoms with E-state index >= 15 is 0 Å². The van der Waals surface area contributed by atoms with Gasteiger partial charge in [-0.1, -0.05) is 31.2 Å². The van der Waals surface area contributed by atoms with Gasteiger partial charge < -0.3 is 4.90 Å². The summed E-state index contributed by atoms with van der Waals surface area (Å²) in [7, 11) is 4.16. The Morgan fingerprint density at radius 3 is 2.74 bits per heavy atom. The molecule has 1 aliphatic rings. The number of benzene rings is 1. The van der Waals surface area contributed by atoms with E-state index in [1.165, 1.54) is 11.1 Å². The van der Waals surface area contributed by atoms with Gasteiger partial charge in [0.1, 0.15) is 5.78 Å². The molecule has 1 atom stereocenters. The Morgan fingerprint density at radius 2 is 2.05 bits per heavy atom. The van der Waals surface area contributed by atoms with Gasteiger partial charge in [0.25, 0.3) is 0 Å². The predicted molar refractivity (Wildman–Crippen MR) is 77.9 cm³/mol. The van der Waals surface area contributed by atoms with E-state index in [1.54, 1.807) is 0 Å². The first-order chi connectivity index (χ1) is 9.02. The van der Waals surface area contributed by atoms with Gasteiger partial charge in [0.2, 0.25) is 0 Å². The molecule has 3 nitrogen and oxygen atoms in total. The van der Waals surface area contributed by atoms with Crippen molar-refractivity contribution < 1.29 is 4.79 Å². The van der Waals surface area contributed by atoms with Crippen LogP contribution in [-0.2, 0) is 17.9 Å². The van der Waals surface area contributed by atoms with Crippen molar-refractivity contribution in [3.63, 3.8) is 0 Å². The maximum atomic E-state index is 11.6. The first kappa shape index (κ1) is 14.2. The van der Waals surface area contributed by atoms with Crippen molar-refractivity contribution in [3.05, 3.63) is 35.4 Å². The molecule has 0 bridgehead atoms. The monoisotopic (exact) mass is 260 g/mol. The molecule has 104 valence electrons. The summed E-state index contributed by atoms with van der Waals surface area (Å²) in [5.41, 5.74) is 2.64. The fraction of sp³-hybridized carbons (Fsp3) is 0.562. The molecule has 1 fully saturated rings. The maximum absolute atomic E-state index is 11.6. The van der Waals surface area contributed by atoms with Crippen molar-refractivity contribution >= 4 is 5.78 Å². The molecule has 0 radical (unpaired) electrons. The number of likely N-dealkylation sites (tertiary alicyclic amines) is 1. The Kier molecular flexibility index (Phi) is 4.72. The van der Waals surface area contributed by atoms with E-state index in [0.29, 0.717) is 18.2 Å². The number of piperidine rings is 1. The number of ketones is 1. The Balaban J connectivity index is 2.00. The van der Waals surface area contributed by atoms with Gasteiger partial charge in [-0.05, 0) is 31.1 Å². The highest BCUT2D eigenvalue weighted by Gasteiger charge is 2.22. The standard InChI is InChI=1S/C16H24N2O/c1-13-7-16(19)12-18(9-13)11-15-6-4-5-14(8-15)10-17(2)3/h4-6,8,13H,7,9-12H2,1-3H3. The van der Waals surface area contributed by atoms with Gasteiger partial charge in [0.15, 0.2) is 0 Å². The van der Waals surface area contributed by atoms with Crippen molar-refractivity contribution in [3.8, 4) is 0 Å². The molecule has 1 saturated heterocycles. The second kappa shape index (κ2) is 6.31. The zero-order valence-electron chi connectivity index (χ0n) is 12.2. The van der Waals surface area contributed by atoms with Crippen molar-refractivity contribution in [2.45, 2.75) is 26.4 Å². The molecule has 0 spiro atoms. The van der Waals surface area contributed by atoms with Crippen LogP contribution in [0.4, 0.5) is 0 Å². The number of hydrogen-bond acceptors (Lipinski definition) is 3. The summed E-state index contributed by atoms with van der Waals surface area (Å²) in [5.74, 6) is 0.870. The molecule has 0 aromatic heterocycles. The van der Waals surface area contributed by atoms with Gasteiger partial charge in [0, 0.05) is 26.1 Å². The largest absolute Gasteiger partial charge is 0.305 e. The molecule has 2 rings (SSSR count). The van der Waals surface area contributed by atoms with E-state index in [9.17, 15) is 4.79 Å². The predicted octanol–water partition coefficient (Wildman–Crippen LogP) is 2.16. The van der Waals surface area contributed by atoms with Crippen LogP contribution in [0.1, 0.15) is 24.5 Å². The lowest BCUT2D eigenvalue weighted by molar-refractivity contribution is -0.123. The average molecular weight is 260 g/mol. The fourth-order valence-electron chi connectivity index (χ4n) is 2.84. The summed E-state index contributed by atoms with van der Waals surface area (Å²) in [4.78, 5) is 16.1. The number of Topliss-reactive ketones (excluding diaryl/α,β-unsaturated/α-hetero) is 1. The van der Waals surface area contributed by atoms with E-state index in [2.05, 4.69) is 55.1 Å². The third-order valence-corrected chi connectivity index (χ3v) is 3.44. The molecular weight excluding hydrogens is 236 g/mol. The Bertz CT molecular complexity index is 442. The van der Waals surface area contributed by atoms with Crippen LogP contribution < -0.4 is 0 Å². The van der Waals surface area contributed by atoms with Gasteiger partial charge in [-0.15, -0.1) is 0 Å². The van der Waals surface area contributed by atoms with Crippen LogP contribution in [0.3, 0.4) is 0 Å². The number of rotatable bonds is 4. The smallest absolute Gasteiger partial charge is 0.147 e. The highest BCUT2D eigenvalue weighted by molar-refractivity contribution is 5.81. The first-order valence-corrected chi connectivity index (χ1v) is 6.99. The Hall–Kier alpha value is -1.19. The Morgan fingerprint density at radius 1 is 1.32 bits per heavy atom. The van der Waals surface area contributed by atoms with Crippen LogP contribution in [-0.4, -0.2) is 42.8 Å². The normalized spacial score (nSPS) is 21.1. The Labute approximate surface area is 116 Å². The summed E-state index contributed by atoms with van der Waals surface area (Å²) in [6.07, 6.45) is 0.747. The second-order valence-corrected chi connectivity index (χ2v) is 6.08. The lowest BCUT2D eigenvalue weighted by atomic mass is 9.98. The van der Waals surface area contributed by atoms with E-state index in [0.717, 1.165) is 26.1 Å². The molecule has 1 aromatic carbocycles. The van der Waals surface area contributed by atoms with Gasteiger partial charge in [-0.2, -0.15) is 0 Å². The highest BCUT2D eigenvalue weighted by atomic mass is 16.1. The number of nitrogens with zero attached hydrogens (tertiary/aromatic N) is 2. The summed E-state index contributed by atoms with van der Waals surface area (Å²) >= 11 is 0. The number of carbonyl (C=O) groups excluding carboxylic acids is 1. The van der Waals surface area contributed by atoms with E-state index in [1.807, 2.05) is 0 Å². The molecule has 3 heteroatoms. The van der Waals surface area contributed by atoms with Gasteiger partial charge in [-0.25, -0.2) is 0 Å². The average Bonchev–Trinajstić information content (AvgIpc) is 2.26. The van der Waals surface area contributed by atoms with Crippen LogP contribution in [0.5, 0.6) is 0 Å². The number of hydrogen-bond donors (Lipinski definition) is 0. The van der Waals surface area contributed by atoms with Crippen LogP contribution in [0.2, 0.25) is 0 Å². The zero-order valence-corrected chi connectivity index (χ0v) is 12.2. The molecule has 1 aromatic rings. The van der Waals surface area contributed by atoms with Crippen LogP contribution in [0.15, 0.2) is 24.3 Å². The van der Waals surface area contributed by atoms with Crippen molar-refractivity contribution in [2.75, 3.05) is 27.2 Å². The summed E-state index contributed by atoms with van der Waals surface area (Å²) in [6.45, 7) is 5.65. The fourth-order valence-corrected chi connectivity index (χ4v) is 2.84. The topological polar surface area (TPSA) is 23.6 Å². The van der Waals surface area contributed by atoms with E-state index in [-0.39, 0.29) is 0 Å². The summed E-state index contributed by atoms with van der Waals surface area (Å²) in [5, 5.41) is 0. The molecule has 0 amide bonds. The number of carbonyl (C=O) groups is 1. The van der Waals surface area contributed by atoms with Gasteiger partial charge in [0.05, 0.1) is 6.54 Å².